The Hall–Kier alpha value is -2.50. The predicted octanol–water partition coefficient (Wildman–Crippen LogP) is 4.92. The third kappa shape index (κ3) is 4.36. The second kappa shape index (κ2) is 8.25. The fourth-order valence-electron chi connectivity index (χ4n) is 3.20. The van der Waals surface area contributed by atoms with E-state index in [2.05, 4.69) is 57.0 Å². The van der Waals surface area contributed by atoms with Crippen LogP contribution in [0.2, 0.25) is 0 Å². The summed E-state index contributed by atoms with van der Waals surface area (Å²) in [6, 6.07) is 14.6. The van der Waals surface area contributed by atoms with Crippen molar-refractivity contribution < 1.29 is 0 Å². The van der Waals surface area contributed by atoms with Crippen LogP contribution in [-0.2, 0) is 0 Å². The number of hydrogen-bond donors (Lipinski definition) is 2. The smallest absolute Gasteiger partial charge is 0.188 e. The van der Waals surface area contributed by atoms with Crippen LogP contribution in [0.5, 0.6) is 0 Å². The Balaban J connectivity index is 1.43. The van der Waals surface area contributed by atoms with Crippen molar-refractivity contribution in [2.75, 3.05) is 18.4 Å². The molecule has 1 fully saturated rings. The van der Waals surface area contributed by atoms with E-state index in [9.17, 15) is 0 Å². The molecule has 132 valence electrons. The monoisotopic (exact) mass is 362 g/mol. The summed E-state index contributed by atoms with van der Waals surface area (Å²) in [6.45, 7) is 2.19. The largest absolute Gasteiger partial charge is 0.317 e. The number of nitrogens with zero attached hydrogens (tertiary/aromatic N) is 2. The molecule has 1 aromatic carbocycles. The van der Waals surface area contributed by atoms with E-state index in [0.717, 1.165) is 28.9 Å². The van der Waals surface area contributed by atoms with Gasteiger partial charge in [0.2, 0.25) is 0 Å². The van der Waals surface area contributed by atoms with Gasteiger partial charge < -0.3 is 10.6 Å². The Kier molecular flexibility index (Phi) is 5.38. The predicted molar refractivity (Wildman–Crippen MR) is 110 cm³/mol. The molecule has 3 heterocycles. The van der Waals surface area contributed by atoms with Gasteiger partial charge in [0.25, 0.3) is 0 Å². The van der Waals surface area contributed by atoms with E-state index >= 15 is 0 Å². The minimum absolute atomic E-state index is 0.625. The lowest BCUT2D eigenvalue weighted by atomic mass is 9.91. The summed E-state index contributed by atoms with van der Waals surface area (Å²) in [6.07, 6.45) is 10.4. The van der Waals surface area contributed by atoms with Gasteiger partial charge in [-0.2, -0.15) is 0 Å². The normalized spacial score (nSPS) is 15.4. The van der Waals surface area contributed by atoms with E-state index in [1.54, 1.807) is 11.3 Å². The summed E-state index contributed by atoms with van der Waals surface area (Å²) in [5, 5.41) is 7.64. The minimum Gasteiger partial charge on any atom is -0.317 e. The maximum atomic E-state index is 4.47. The van der Waals surface area contributed by atoms with Gasteiger partial charge in [-0.3, -0.25) is 0 Å². The second-order valence-electron chi connectivity index (χ2n) is 6.44. The quantitative estimate of drug-likeness (QED) is 0.676. The molecule has 0 aliphatic carbocycles. The number of nitrogens with one attached hydrogen (secondary N) is 2. The first kappa shape index (κ1) is 16.9. The molecule has 2 aromatic heterocycles. The Labute approximate surface area is 158 Å². The van der Waals surface area contributed by atoms with Gasteiger partial charge in [-0.05, 0) is 61.2 Å². The van der Waals surface area contributed by atoms with Crippen LogP contribution in [0.4, 0.5) is 10.9 Å². The summed E-state index contributed by atoms with van der Waals surface area (Å²) in [5.74, 6) is 1.49. The SMILES string of the molecule is C(=C\c1cnc(Nc2cc(C3CCNCC3)ccn2)s1)/c1ccccc1. The van der Waals surface area contributed by atoms with Crippen LogP contribution in [0.15, 0.2) is 54.9 Å². The highest BCUT2D eigenvalue weighted by atomic mass is 32.1. The number of hydrogen-bond acceptors (Lipinski definition) is 5. The van der Waals surface area contributed by atoms with E-state index in [-0.39, 0.29) is 0 Å². The van der Waals surface area contributed by atoms with Crippen molar-refractivity contribution in [2.45, 2.75) is 18.8 Å². The van der Waals surface area contributed by atoms with Crippen LogP contribution in [0, 0.1) is 0 Å². The van der Waals surface area contributed by atoms with E-state index < -0.39 is 0 Å². The maximum Gasteiger partial charge on any atom is 0.188 e. The molecule has 1 aliphatic rings. The molecule has 5 heteroatoms. The van der Waals surface area contributed by atoms with Crippen molar-refractivity contribution in [3.63, 3.8) is 0 Å². The van der Waals surface area contributed by atoms with Crippen molar-refractivity contribution in [2.24, 2.45) is 0 Å². The van der Waals surface area contributed by atoms with Crippen LogP contribution >= 0.6 is 11.3 Å². The van der Waals surface area contributed by atoms with Gasteiger partial charge in [-0.1, -0.05) is 47.7 Å². The lowest BCUT2D eigenvalue weighted by Crippen LogP contribution is -2.26. The third-order valence-electron chi connectivity index (χ3n) is 4.59. The number of thiazole rings is 1. The van der Waals surface area contributed by atoms with Crippen molar-refractivity contribution >= 4 is 34.4 Å². The lowest BCUT2D eigenvalue weighted by molar-refractivity contribution is 0.460. The molecular formula is C21H22N4S. The Morgan fingerprint density at radius 1 is 1.04 bits per heavy atom. The molecule has 26 heavy (non-hydrogen) atoms. The van der Waals surface area contributed by atoms with Gasteiger partial charge in [0.05, 0.1) is 0 Å². The third-order valence-corrected chi connectivity index (χ3v) is 5.47. The maximum absolute atomic E-state index is 4.47. The van der Waals surface area contributed by atoms with Gasteiger partial charge >= 0.3 is 0 Å². The molecule has 4 rings (SSSR count). The molecule has 0 saturated carbocycles. The van der Waals surface area contributed by atoms with Crippen molar-refractivity contribution in [3.05, 3.63) is 70.9 Å². The molecule has 0 bridgehead atoms. The highest BCUT2D eigenvalue weighted by Crippen LogP contribution is 2.28. The van der Waals surface area contributed by atoms with Crippen molar-refractivity contribution in [3.8, 4) is 0 Å². The molecule has 1 aliphatic heterocycles. The number of aromatic nitrogens is 2. The fourth-order valence-corrected chi connectivity index (χ4v) is 3.92. The first-order valence-corrected chi connectivity index (χ1v) is 9.81. The minimum atomic E-state index is 0.625. The summed E-state index contributed by atoms with van der Waals surface area (Å²) in [4.78, 5) is 10.0. The Morgan fingerprint density at radius 3 is 2.73 bits per heavy atom. The lowest BCUT2D eigenvalue weighted by Gasteiger charge is -2.23. The molecule has 0 unspecified atom stereocenters. The molecule has 3 aromatic rings. The number of anilines is 2. The van der Waals surface area contributed by atoms with Crippen LogP contribution in [0.1, 0.15) is 34.8 Å². The summed E-state index contributed by atoms with van der Waals surface area (Å²) in [7, 11) is 0. The van der Waals surface area contributed by atoms with Gasteiger partial charge in [0.1, 0.15) is 5.82 Å². The molecule has 1 saturated heterocycles. The van der Waals surface area contributed by atoms with E-state index in [1.807, 2.05) is 30.6 Å². The zero-order chi connectivity index (χ0) is 17.6. The summed E-state index contributed by atoms with van der Waals surface area (Å²) in [5.41, 5.74) is 2.55. The standard InChI is InChI=1S/C21H22N4S/c1-2-4-16(5-3-1)6-7-19-15-24-21(26-19)25-20-14-18(10-13-23-20)17-8-11-22-12-9-17/h1-7,10,13-15,17,22H,8-9,11-12H2,(H,23,24,25)/b7-6+. The van der Waals surface area contributed by atoms with Crippen LogP contribution in [0.3, 0.4) is 0 Å². The van der Waals surface area contributed by atoms with Gasteiger partial charge in [-0.25, -0.2) is 9.97 Å². The first-order chi connectivity index (χ1) is 12.9. The van der Waals surface area contributed by atoms with Gasteiger partial charge in [0.15, 0.2) is 5.13 Å². The van der Waals surface area contributed by atoms with Crippen molar-refractivity contribution in [1.29, 1.82) is 0 Å². The molecule has 0 radical (unpaired) electrons. The van der Waals surface area contributed by atoms with E-state index in [4.69, 9.17) is 0 Å². The van der Waals surface area contributed by atoms with E-state index in [0.29, 0.717) is 5.92 Å². The molecule has 0 spiro atoms. The molecule has 0 atom stereocenters. The van der Waals surface area contributed by atoms with E-state index in [1.165, 1.54) is 24.0 Å². The Morgan fingerprint density at radius 2 is 1.88 bits per heavy atom. The summed E-state index contributed by atoms with van der Waals surface area (Å²) >= 11 is 1.63. The highest BCUT2D eigenvalue weighted by Gasteiger charge is 2.15. The molecule has 0 amide bonds. The van der Waals surface area contributed by atoms with Gasteiger partial charge in [0, 0.05) is 17.3 Å². The number of pyridine rings is 1. The molecule has 4 nitrogen and oxygen atoms in total. The zero-order valence-corrected chi connectivity index (χ0v) is 15.4. The molecular weight excluding hydrogens is 340 g/mol. The highest BCUT2D eigenvalue weighted by molar-refractivity contribution is 7.16. The zero-order valence-electron chi connectivity index (χ0n) is 14.6. The topological polar surface area (TPSA) is 49.8 Å². The Bertz CT molecular complexity index is 866. The number of rotatable bonds is 5. The van der Waals surface area contributed by atoms with Crippen LogP contribution in [-0.4, -0.2) is 23.1 Å². The average molecular weight is 363 g/mol. The van der Waals surface area contributed by atoms with Crippen LogP contribution in [0.25, 0.3) is 12.2 Å². The first-order valence-electron chi connectivity index (χ1n) is 8.99. The number of benzene rings is 1. The molecule has 2 N–H and O–H groups in total. The average Bonchev–Trinajstić information content (AvgIpc) is 3.15. The van der Waals surface area contributed by atoms with Crippen molar-refractivity contribution in [1.82, 2.24) is 15.3 Å². The van der Waals surface area contributed by atoms with Crippen LogP contribution < -0.4 is 10.6 Å². The fraction of sp³-hybridized carbons (Fsp3) is 0.238. The second-order valence-corrected chi connectivity index (χ2v) is 7.50. The van der Waals surface area contributed by atoms with Gasteiger partial charge in [-0.15, -0.1) is 0 Å². The number of piperidine rings is 1. The summed E-state index contributed by atoms with van der Waals surface area (Å²) < 4.78 is 0.